The highest BCUT2D eigenvalue weighted by Crippen LogP contribution is 2.31. The molecule has 1 saturated heterocycles. The minimum absolute atomic E-state index is 0.236. The Kier molecular flexibility index (Phi) is 5.19. The van der Waals surface area contributed by atoms with Crippen LogP contribution in [0, 0.1) is 5.41 Å². The zero-order valence-corrected chi connectivity index (χ0v) is 11.2. The van der Waals surface area contributed by atoms with E-state index in [-0.39, 0.29) is 6.67 Å². The Morgan fingerprint density at radius 1 is 1.38 bits per heavy atom. The van der Waals surface area contributed by atoms with Crippen molar-refractivity contribution in [2.24, 2.45) is 5.41 Å². The van der Waals surface area contributed by atoms with Crippen LogP contribution < -0.4 is 5.32 Å². The average Bonchev–Trinajstić information content (AvgIpc) is 2.52. The van der Waals surface area contributed by atoms with Gasteiger partial charge in [0.15, 0.2) is 0 Å². The molecule has 1 unspecified atom stereocenters. The van der Waals surface area contributed by atoms with E-state index in [0.29, 0.717) is 24.0 Å². The lowest BCUT2D eigenvalue weighted by molar-refractivity contribution is 0.179. The molecule has 0 aromatic heterocycles. The van der Waals surface area contributed by atoms with Crippen LogP contribution in [0.5, 0.6) is 0 Å². The predicted molar refractivity (Wildman–Crippen MR) is 67.5 cm³/mol. The van der Waals surface area contributed by atoms with Crippen LogP contribution in [0.2, 0.25) is 0 Å². The van der Waals surface area contributed by atoms with E-state index in [4.69, 9.17) is 0 Å². The summed E-state index contributed by atoms with van der Waals surface area (Å²) < 4.78 is 12.4. The number of hydrogen-bond acceptors (Lipinski definition) is 2. The summed E-state index contributed by atoms with van der Waals surface area (Å²) in [6.45, 7) is 11.4. The molecule has 1 rings (SSSR count). The SMILES string of the molecule is CC(C)N(CCF)CCC1NCCC1(C)C. The molecule has 1 aliphatic rings. The van der Waals surface area contributed by atoms with Crippen molar-refractivity contribution in [1.29, 1.82) is 0 Å². The van der Waals surface area contributed by atoms with Gasteiger partial charge in [-0.3, -0.25) is 4.90 Å². The lowest BCUT2D eigenvalue weighted by atomic mass is 9.83. The molecule has 96 valence electrons. The van der Waals surface area contributed by atoms with Gasteiger partial charge in [-0.2, -0.15) is 0 Å². The van der Waals surface area contributed by atoms with Gasteiger partial charge in [0.2, 0.25) is 0 Å². The normalized spacial score (nSPS) is 24.6. The molecule has 0 aromatic rings. The molecule has 16 heavy (non-hydrogen) atoms. The average molecular weight is 230 g/mol. The highest BCUT2D eigenvalue weighted by atomic mass is 19.1. The summed E-state index contributed by atoms with van der Waals surface area (Å²) in [4.78, 5) is 2.23. The van der Waals surface area contributed by atoms with E-state index in [1.165, 1.54) is 6.42 Å². The first-order chi connectivity index (χ1) is 7.47. The van der Waals surface area contributed by atoms with E-state index in [9.17, 15) is 4.39 Å². The second-order valence-corrected chi connectivity index (χ2v) is 5.85. The summed E-state index contributed by atoms with van der Waals surface area (Å²) >= 11 is 0. The van der Waals surface area contributed by atoms with Gasteiger partial charge >= 0.3 is 0 Å². The van der Waals surface area contributed by atoms with Gasteiger partial charge in [-0.05, 0) is 38.6 Å². The number of nitrogens with one attached hydrogen (secondary N) is 1. The Morgan fingerprint density at radius 3 is 2.50 bits per heavy atom. The second kappa shape index (κ2) is 5.97. The van der Waals surface area contributed by atoms with E-state index in [1.54, 1.807) is 0 Å². The maximum absolute atomic E-state index is 12.4. The summed E-state index contributed by atoms with van der Waals surface area (Å²) in [5, 5.41) is 3.56. The molecule has 1 aliphatic heterocycles. The van der Waals surface area contributed by atoms with Gasteiger partial charge in [-0.25, -0.2) is 4.39 Å². The molecule has 1 N–H and O–H groups in total. The van der Waals surface area contributed by atoms with Gasteiger partial charge < -0.3 is 5.32 Å². The summed E-state index contributed by atoms with van der Waals surface area (Å²) in [6.07, 6.45) is 2.38. The maximum atomic E-state index is 12.4. The maximum Gasteiger partial charge on any atom is 0.102 e. The second-order valence-electron chi connectivity index (χ2n) is 5.85. The van der Waals surface area contributed by atoms with Crippen molar-refractivity contribution >= 4 is 0 Å². The number of halogens is 1. The minimum atomic E-state index is -0.236. The smallest absolute Gasteiger partial charge is 0.102 e. The number of hydrogen-bond donors (Lipinski definition) is 1. The minimum Gasteiger partial charge on any atom is -0.313 e. The zero-order valence-electron chi connectivity index (χ0n) is 11.2. The molecular formula is C13H27FN2. The van der Waals surface area contributed by atoms with Crippen molar-refractivity contribution in [2.75, 3.05) is 26.3 Å². The molecule has 0 bridgehead atoms. The molecule has 1 atom stereocenters. The van der Waals surface area contributed by atoms with Crippen LogP contribution in [-0.2, 0) is 0 Å². The van der Waals surface area contributed by atoms with Gasteiger partial charge in [0.25, 0.3) is 0 Å². The number of rotatable bonds is 6. The van der Waals surface area contributed by atoms with E-state index in [2.05, 4.69) is 37.9 Å². The molecule has 0 radical (unpaired) electrons. The third-order valence-corrected chi connectivity index (χ3v) is 3.91. The van der Waals surface area contributed by atoms with Crippen molar-refractivity contribution in [3.63, 3.8) is 0 Å². The zero-order chi connectivity index (χ0) is 12.2. The van der Waals surface area contributed by atoms with E-state index >= 15 is 0 Å². The molecule has 0 aliphatic carbocycles. The largest absolute Gasteiger partial charge is 0.313 e. The van der Waals surface area contributed by atoms with Crippen LogP contribution in [0.4, 0.5) is 4.39 Å². The highest BCUT2D eigenvalue weighted by Gasteiger charge is 2.33. The third-order valence-electron chi connectivity index (χ3n) is 3.91. The van der Waals surface area contributed by atoms with Gasteiger partial charge in [0.05, 0.1) is 0 Å². The lowest BCUT2D eigenvalue weighted by Gasteiger charge is -2.31. The van der Waals surface area contributed by atoms with E-state index in [1.807, 2.05) is 0 Å². The van der Waals surface area contributed by atoms with Gasteiger partial charge in [-0.15, -0.1) is 0 Å². The van der Waals surface area contributed by atoms with E-state index < -0.39 is 0 Å². The topological polar surface area (TPSA) is 15.3 Å². The number of nitrogens with zero attached hydrogens (tertiary/aromatic N) is 1. The van der Waals surface area contributed by atoms with Crippen LogP contribution in [0.1, 0.15) is 40.5 Å². The summed E-state index contributed by atoms with van der Waals surface area (Å²) in [5.41, 5.74) is 0.401. The fourth-order valence-electron chi connectivity index (χ4n) is 2.54. The lowest BCUT2D eigenvalue weighted by Crippen LogP contribution is -2.40. The fraction of sp³-hybridized carbons (Fsp3) is 1.00. The summed E-state index contributed by atoms with van der Waals surface area (Å²) in [5.74, 6) is 0. The Hall–Kier alpha value is -0.150. The van der Waals surface area contributed by atoms with Crippen molar-refractivity contribution in [3.05, 3.63) is 0 Å². The Morgan fingerprint density at radius 2 is 2.06 bits per heavy atom. The molecular weight excluding hydrogens is 203 g/mol. The summed E-state index contributed by atoms with van der Waals surface area (Å²) in [7, 11) is 0. The van der Waals surface area contributed by atoms with Gasteiger partial charge in [0.1, 0.15) is 6.67 Å². The molecule has 1 heterocycles. The van der Waals surface area contributed by atoms with Crippen molar-refractivity contribution in [3.8, 4) is 0 Å². The Bertz CT molecular complexity index is 204. The molecule has 0 saturated carbocycles. The first-order valence-electron chi connectivity index (χ1n) is 6.51. The van der Waals surface area contributed by atoms with Crippen LogP contribution in [0.25, 0.3) is 0 Å². The quantitative estimate of drug-likeness (QED) is 0.754. The van der Waals surface area contributed by atoms with Crippen molar-refractivity contribution < 1.29 is 4.39 Å². The number of alkyl halides is 1. The van der Waals surface area contributed by atoms with Crippen LogP contribution >= 0.6 is 0 Å². The molecule has 0 spiro atoms. The molecule has 0 amide bonds. The van der Waals surface area contributed by atoms with Gasteiger partial charge in [0, 0.05) is 25.2 Å². The molecule has 0 aromatic carbocycles. The molecule has 3 heteroatoms. The first-order valence-corrected chi connectivity index (χ1v) is 6.51. The molecule has 2 nitrogen and oxygen atoms in total. The highest BCUT2D eigenvalue weighted by molar-refractivity contribution is 4.91. The first kappa shape index (κ1) is 13.9. The van der Waals surface area contributed by atoms with Crippen LogP contribution in [-0.4, -0.2) is 43.3 Å². The summed E-state index contributed by atoms with van der Waals surface area (Å²) in [6, 6.07) is 1.04. The third kappa shape index (κ3) is 3.70. The van der Waals surface area contributed by atoms with Crippen molar-refractivity contribution in [2.45, 2.75) is 52.6 Å². The monoisotopic (exact) mass is 230 g/mol. The van der Waals surface area contributed by atoms with E-state index in [0.717, 1.165) is 19.5 Å². The molecule has 1 fully saturated rings. The van der Waals surface area contributed by atoms with Crippen LogP contribution in [0.3, 0.4) is 0 Å². The standard InChI is InChI=1S/C13H27FN2/c1-11(2)16(10-7-14)9-5-12-13(3,4)6-8-15-12/h11-12,15H,5-10H2,1-4H3. The van der Waals surface area contributed by atoms with Gasteiger partial charge in [-0.1, -0.05) is 13.8 Å². The fourth-order valence-corrected chi connectivity index (χ4v) is 2.54. The Balaban J connectivity index is 2.37. The van der Waals surface area contributed by atoms with Crippen molar-refractivity contribution in [1.82, 2.24) is 10.2 Å². The Labute approximate surface area is 99.6 Å². The van der Waals surface area contributed by atoms with Crippen LogP contribution in [0.15, 0.2) is 0 Å². The predicted octanol–water partition coefficient (Wildman–Crippen LogP) is 2.44.